The van der Waals surface area contributed by atoms with E-state index in [9.17, 15) is 18.0 Å². The lowest BCUT2D eigenvalue weighted by atomic mass is 10.3. The maximum absolute atomic E-state index is 12.5. The summed E-state index contributed by atoms with van der Waals surface area (Å²) in [6, 6.07) is 5.96. The molecule has 10 nitrogen and oxygen atoms in total. The van der Waals surface area contributed by atoms with Gasteiger partial charge in [-0.3, -0.25) is 4.79 Å². The molecule has 1 amide bonds. The molecule has 1 atom stereocenters. The maximum atomic E-state index is 12.5. The first-order valence-electron chi connectivity index (χ1n) is 8.86. The molecule has 2 rings (SSSR count). The fraction of sp³-hybridized carbons (Fsp3) is 0.333. The molecule has 30 heavy (non-hydrogen) atoms. The van der Waals surface area contributed by atoms with Crippen LogP contribution in [0.1, 0.15) is 24.2 Å². The number of carbonyl (C=O) groups is 2. The minimum atomic E-state index is -3.62. The average molecular weight is 454 g/mol. The Hall–Kier alpha value is -2.70. The number of benzene rings is 1. The molecule has 0 fully saturated rings. The number of nitrogens with one attached hydrogen (secondary N) is 1. The highest BCUT2D eigenvalue weighted by molar-refractivity contribution is 8.00. The number of nitrogen functional groups attached to an aromatic ring is 1. The zero-order valence-electron chi connectivity index (χ0n) is 16.9. The van der Waals surface area contributed by atoms with E-state index >= 15 is 0 Å². The smallest absolute Gasteiger partial charge is 0.343 e. The lowest BCUT2D eigenvalue weighted by molar-refractivity contribution is -0.115. The van der Waals surface area contributed by atoms with Gasteiger partial charge in [0.15, 0.2) is 5.16 Å². The third kappa shape index (κ3) is 5.68. The van der Waals surface area contributed by atoms with Gasteiger partial charge in [0.05, 0.1) is 16.8 Å². The molecule has 0 saturated carbocycles. The van der Waals surface area contributed by atoms with E-state index in [0.717, 1.165) is 16.1 Å². The van der Waals surface area contributed by atoms with Crippen molar-refractivity contribution in [3.05, 3.63) is 36.0 Å². The summed E-state index contributed by atoms with van der Waals surface area (Å²) in [5.41, 5.74) is 6.18. The largest absolute Gasteiger partial charge is 0.462 e. The molecule has 1 heterocycles. The van der Waals surface area contributed by atoms with Crippen molar-refractivity contribution in [3.63, 3.8) is 0 Å². The first kappa shape index (κ1) is 23.6. The first-order chi connectivity index (χ1) is 14.1. The predicted molar refractivity (Wildman–Crippen MR) is 114 cm³/mol. The molecule has 162 valence electrons. The first-order valence-corrected chi connectivity index (χ1v) is 11.2. The van der Waals surface area contributed by atoms with Crippen LogP contribution < -0.4 is 11.1 Å². The molecule has 0 aliphatic heterocycles. The lowest BCUT2D eigenvalue weighted by Gasteiger charge is -2.14. The summed E-state index contributed by atoms with van der Waals surface area (Å²) >= 11 is 1.04. The summed E-state index contributed by atoms with van der Waals surface area (Å²) in [6.07, 6.45) is 1.25. The van der Waals surface area contributed by atoms with Crippen LogP contribution in [0.4, 0.5) is 11.5 Å². The van der Waals surface area contributed by atoms with Crippen LogP contribution in [0.15, 0.2) is 40.5 Å². The average Bonchev–Trinajstić information content (AvgIpc) is 2.68. The fourth-order valence-corrected chi connectivity index (χ4v) is 3.90. The highest BCUT2D eigenvalue weighted by Crippen LogP contribution is 2.24. The van der Waals surface area contributed by atoms with E-state index in [-0.39, 0.29) is 33.9 Å². The number of esters is 1. The molecular weight excluding hydrogens is 430 g/mol. The molecule has 1 unspecified atom stereocenters. The van der Waals surface area contributed by atoms with Crippen molar-refractivity contribution in [3.8, 4) is 0 Å². The van der Waals surface area contributed by atoms with Crippen LogP contribution in [0.3, 0.4) is 0 Å². The Morgan fingerprint density at radius 3 is 2.63 bits per heavy atom. The number of thioether (sulfide) groups is 1. The summed E-state index contributed by atoms with van der Waals surface area (Å²) in [7, 11) is -0.761. The number of rotatable bonds is 8. The zero-order valence-corrected chi connectivity index (χ0v) is 18.6. The highest BCUT2D eigenvalue weighted by Gasteiger charge is 2.21. The van der Waals surface area contributed by atoms with Crippen LogP contribution >= 0.6 is 11.8 Å². The molecule has 3 N–H and O–H groups in total. The number of nitrogens with zero attached hydrogens (tertiary/aromatic N) is 3. The number of hydrogen-bond acceptors (Lipinski definition) is 9. The maximum Gasteiger partial charge on any atom is 0.343 e. The monoisotopic (exact) mass is 453 g/mol. The second-order valence-electron chi connectivity index (χ2n) is 6.24. The van der Waals surface area contributed by atoms with Crippen molar-refractivity contribution in [1.82, 2.24) is 14.3 Å². The number of hydrogen-bond donors (Lipinski definition) is 2. The Kier molecular flexibility index (Phi) is 7.76. The van der Waals surface area contributed by atoms with Gasteiger partial charge in [-0.05, 0) is 32.0 Å². The fourth-order valence-electron chi connectivity index (χ4n) is 2.20. The van der Waals surface area contributed by atoms with E-state index in [1.807, 2.05) is 0 Å². The van der Waals surface area contributed by atoms with Crippen LogP contribution in [0.2, 0.25) is 0 Å². The van der Waals surface area contributed by atoms with Crippen LogP contribution in [0, 0.1) is 0 Å². The van der Waals surface area contributed by atoms with Crippen molar-refractivity contribution in [2.75, 3.05) is 31.8 Å². The van der Waals surface area contributed by atoms with Gasteiger partial charge in [-0.1, -0.05) is 17.8 Å². The number of carbonyl (C=O) groups excluding carboxylic acids is 2. The molecule has 0 saturated heterocycles. The molecule has 0 aliphatic carbocycles. The van der Waals surface area contributed by atoms with Crippen molar-refractivity contribution in [1.29, 1.82) is 0 Å². The summed E-state index contributed by atoms with van der Waals surface area (Å²) in [5, 5.41) is 2.27. The summed E-state index contributed by atoms with van der Waals surface area (Å²) < 4.78 is 30.4. The van der Waals surface area contributed by atoms with Gasteiger partial charge in [0.1, 0.15) is 11.4 Å². The molecule has 1 aromatic heterocycles. The summed E-state index contributed by atoms with van der Waals surface area (Å²) in [4.78, 5) is 32.4. The van der Waals surface area contributed by atoms with Gasteiger partial charge in [0.25, 0.3) is 0 Å². The third-order valence-corrected chi connectivity index (χ3v) is 6.61. The van der Waals surface area contributed by atoms with Crippen LogP contribution in [-0.4, -0.2) is 60.5 Å². The molecule has 0 spiro atoms. The zero-order chi connectivity index (χ0) is 22.5. The van der Waals surface area contributed by atoms with E-state index < -0.39 is 21.2 Å². The third-order valence-electron chi connectivity index (χ3n) is 3.82. The van der Waals surface area contributed by atoms with Gasteiger partial charge < -0.3 is 15.8 Å². The molecule has 0 bridgehead atoms. The number of aromatic nitrogens is 2. The Labute approximate surface area is 179 Å². The van der Waals surface area contributed by atoms with E-state index in [1.165, 1.54) is 32.4 Å². The molecule has 0 aliphatic rings. The van der Waals surface area contributed by atoms with Crippen molar-refractivity contribution >= 4 is 45.2 Å². The number of ether oxygens (including phenoxy) is 1. The molecule has 1 aromatic carbocycles. The normalized spacial score (nSPS) is 12.4. The van der Waals surface area contributed by atoms with E-state index in [0.29, 0.717) is 5.69 Å². The number of nitrogens with two attached hydrogens (primary N) is 1. The van der Waals surface area contributed by atoms with E-state index in [1.54, 1.807) is 26.0 Å². The Bertz CT molecular complexity index is 1040. The summed E-state index contributed by atoms with van der Waals surface area (Å²) in [5.74, 6) is -1.04. The van der Waals surface area contributed by atoms with Crippen LogP contribution in [0.5, 0.6) is 0 Å². The van der Waals surface area contributed by atoms with E-state index in [4.69, 9.17) is 10.5 Å². The number of sulfonamides is 1. The van der Waals surface area contributed by atoms with Crippen molar-refractivity contribution in [2.45, 2.75) is 29.1 Å². The molecule has 0 radical (unpaired) electrons. The number of anilines is 2. The number of amides is 1. The SMILES string of the molecule is CCOC(=O)c1cnc(SC(C)C(=O)Nc2cccc(S(=O)(=O)N(C)C)c2)nc1N. The Morgan fingerprint density at radius 2 is 2.03 bits per heavy atom. The van der Waals surface area contributed by atoms with Gasteiger partial charge >= 0.3 is 5.97 Å². The van der Waals surface area contributed by atoms with E-state index in [2.05, 4.69) is 15.3 Å². The van der Waals surface area contributed by atoms with Gasteiger partial charge in [-0.15, -0.1) is 0 Å². The second-order valence-corrected chi connectivity index (χ2v) is 9.70. The van der Waals surface area contributed by atoms with Crippen LogP contribution in [-0.2, 0) is 19.6 Å². The minimum absolute atomic E-state index is 0.0415. The highest BCUT2D eigenvalue weighted by atomic mass is 32.2. The Balaban J connectivity index is 2.09. The van der Waals surface area contributed by atoms with Gasteiger partial charge in [0, 0.05) is 26.0 Å². The molecule has 12 heteroatoms. The van der Waals surface area contributed by atoms with Crippen molar-refractivity contribution in [2.24, 2.45) is 0 Å². The Morgan fingerprint density at radius 1 is 1.33 bits per heavy atom. The predicted octanol–water partition coefficient (Wildman–Crippen LogP) is 1.61. The van der Waals surface area contributed by atoms with Gasteiger partial charge in [-0.25, -0.2) is 27.5 Å². The molecule has 2 aromatic rings. The quantitative estimate of drug-likeness (QED) is 0.346. The summed E-state index contributed by atoms with van der Waals surface area (Å²) in [6.45, 7) is 3.51. The topological polar surface area (TPSA) is 145 Å². The second kappa shape index (κ2) is 9.87. The van der Waals surface area contributed by atoms with Crippen molar-refractivity contribution < 1.29 is 22.7 Å². The van der Waals surface area contributed by atoms with Crippen LogP contribution in [0.25, 0.3) is 0 Å². The van der Waals surface area contributed by atoms with Gasteiger partial charge in [0.2, 0.25) is 15.9 Å². The van der Waals surface area contributed by atoms with Gasteiger partial charge in [-0.2, -0.15) is 0 Å². The minimum Gasteiger partial charge on any atom is -0.462 e. The molecular formula is C18H23N5O5S2. The standard InChI is InChI=1S/C18H23N5O5S2/c1-5-28-17(25)14-10-20-18(22-15(14)19)29-11(2)16(24)21-12-7-6-8-13(9-12)30(26,27)23(3)4/h6-11H,5H2,1-4H3,(H,21,24)(H2,19,20,22). The lowest BCUT2D eigenvalue weighted by Crippen LogP contribution is -2.24.